The zero-order valence-electron chi connectivity index (χ0n) is 11.2. The van der Waals surface area contributed by atoms with Crippen LogP contribution in [0.1, 0.15) is 25.8 Å². The molecule has 0 aliphatic carbocycles. The Labute approximate surface area is 119 Å². The van der Waals surface area contributed by atoms with Crippen molar-refractivity contribution < 1.29 is 0 Å². The molecule has 3 rings (SSSR count). The van der Waals surface area contributed by atoms with Crippen LogP contribution in [0.5, 0.6) is 0 Å². The van der Waals surface area contributed by atoms with Gasteiger partial charge in [0, 0.05) is 18.8 Å². The van der Waals surface area contributed by atoms with Gasteiger partial charge in [0.05, 0.1) is 0 Å². The van der Waals surface area contributed by atoms with Crippen LogP contribution in [0.4, 0.5) is 0 Å². The number of aromatic nitrogens is 4. The molecule has 0 amide bonds. The van der Waals surface area contributed by atoms with Crippen molar-refractivity contribution >= 4 is 34.7 Å². The Bertz CT molecular complexity index is 691. The van der Waals surface area contributed by atoms with E-state index in [-0.39, 0.29) is 11.6 Å². The van der Waals surface area contributed by atoms with Gasteiger partial charge in [-0.3, -0.25) is 9.36 Å². The Hall–Kier alpha value is -0.950. The van der Waals surface area contributed by atoms with Gasteiger partial charge in [-0.05, 0) is 12.7 Å². The van der Waals surface area contributed by atoms with Gasteiger partial charge in [0.25, 0.3) is 5.56 Å². The highest BCUT2D eigenvalue weighted by Gasteiger charge is 2.27. The Morgan fingerprint density at radius 2 is 2.26 bits per heavy atom. The normalized spacial score (nSPS) is 18.2. The van der Waals surface area contributed by atoms with Crippen LogP contribution in [-0.4, -0.2) is 31.1 Å². The molecular weight excluding hydrogens is 280 g/mol. The number of rotatable bonds is 3. The minimum absolute atomic E-state index is 0.0544. The molecule has 1 aliphatic heterocycles. The van der Waals surface area contributed by atoms with Crippen LogP contribution in [0, 0.1) is 0 Å². The molecule has 0 bridgehead atoms. The van der Waals surface area contributed by atoms with Gasteiger partial charge < -0.3 is 4.57 Å². The monoisotopic (exact) mass is 296 g/mol. The van der Waals surface area contributed by atoms with E-state index in [1.807, 2.05) is 22.4 Å². The quantitative estimate of drug-likeness (QED) is 0.642. The lowest BCUT2D eigenvalue weighted by Crippen LogP contribution is -2.25. The molecule has 0 saturated heterocycles. The molecule has 0 spiro atoms. The maximum absolute atomic E-state index is 12.7. The van der Waals surface area contributed by atoms with Crippen molar-refractivity contribution in [1.29, 1.82) is 0 Å². The second-order valence-electron chi connectivity index (χ2n) is 4.65. The van der Waals surface area contributed by atoms with Crippen LogP contribution in [0.2, 0.25) is 0 Å². The average molecular weight is 296 g/mol. The molecule has 2 aromatic heterocycles. The number of thioether (sulfide) groups is 2. The first-order chi connectivity index (χ1) is 9.17. The number of hydrogen-bond acceptors (Lipinski definition) is 5. The van der Waals surface area contributed by atoms with E-state index >= 15 is 0 Å². The maximum Gasteiger partial charge on any atom is 0.280 e. The van der Waals surface area contributed by atoms with Crippen molar-refractivity contribution in [3.05, 3.63) is 10.4 Å². The molecule has 0 fully saturated rings. The van der Waals surface area contributed by atoms with Gasteiger partial charge in [-0.25, -0.2) is 9.97 Å². The lowest BCUT2D eigenvalue weighted by atomic mass is 10.2. The molecule has 2 aromatic rings. The van der Waals surface area contributed by atoms with Crippen molar-refractivity contribution in [2.75, 3.05) is 12.0 Å². The Kier molecular flexibility index (Phi) is 3.34. The average Bonchev–Trinajstić information content (AvgIpc) is 2.93. The smallest absolute Gasteiger partial charge is 0.280 e. The third-order valence-electron chi connectivity index (χ3n) is 3.44. The molecule has 19 heavy (non-hydrogen) atoms. The van der Waals surface area contributed by atoms with Crippen LogP contribution < -0.4 is 5.56 Å². The van der Waals surface area contributed by atoms with Crippen LogP contribution in [0.3, 0.4) is 0 Å². The number of nitrogens with zero attached hydrogens (tertiary/aromatic N) is 4. The number of imidazole rings is 1. The number of hydrogen-bond donors (Lipinski definition) is 0. The molecule has 1 unspecified atom stereocenters. The fourth-order valence-corrected chi connectivity index (χ4v) is 4.25. The summed E-state index contributed by atoms with van der Waals surface area (Å²) in [4.78, 5) is 21.7. The predicted octanol–water partition coefficient (Wildman–Crippen LogP) is 2.30. The van der Waals surface area contributed by atoms with E-state index in [9.17, 15) is 4.79 Å². The largest absolute Gasteiger partial charge is 0.316 e. The van der Waals surface area contributed by atoms with Gasteiger partial charge >= 0.3 is 0 Å². The molecule has 5 nitrogen and oxygen atoms in total. The predicted molar refractivity (Wildman–Crippen MR) is 79.2 cm³/mol. The van der Waals surface area contributed by atoms with Crippen LogP contribution in [0.25, 0.3) is 11.2 Å². The van der Waals surface area contributed by atoms with Gasteiger partial charge in [0.1, 0.15) is 0 Å². The second-order valence-corrected chi connectivity index (χ2v) is 6.41. The lowest BCUT2D eigenvalue weighted by Gasteiger charge is -2.11. The summed E-state index contributed by atoms with van der Waals surface area (Å²) < 4.78 is 3.72. The fourth-order valence-electron chi connectivity index (χ4n) is 2.52. The van der Waals surface area contributed by atoms with Crippen molar-refractivity contribution in [1.82, 2.24) is 19.1 Å². The Morgan fingerprint density at radius 1 is 1.47 bits per heavy atom. The zero-order chi connectivity index (χ0) is 13.6. The number of aryl methyl sites for hydroxylation is 1. The third-order valence-corrected chi connectivity index (χ3v) is 5.27. The summed E-state index contributed by atoms with van der Waals surface area (Å²) in [6.07, 6.45) is 4.07. The van der Waals surface area contributed by atoms with Crippen molar-refractivity contribution in [3.63, 3.8) is 0 Å². The first kappa shape index (κ1) is 13.1. The Morgan fingerprint density at radius 3 is 2.95 bits per heavy atom. The first-order valence-corrected chi connectivity index (χ1v) is 8.54. The van der Waals surface area contributed by atoms with Crippen LogP contribution in [0.15, 0.2) is 15.1 Å². The molecular formula is C12H16N4OS2. The summed E-state index contributed by atoms with van der Waals surface area (Å²) in [6, 6.07) is 0.280. The fraction of sp³-hybridized carbons (Fsp3) is 0.583. The summed E-state index contributed by atoms with van der Waals surface area (Å²) in [5.74, 6) is 0.946. The zero-order valence-corrected chi connectivity index (χ0v) is 12.8. The lowest BCUT2D eigenvalue weighted by molar-refractivity contribution is 0.471. The topological polar surface area (TPSA) is 52.7 Å². The molecule has 0 N–H and O–H groups in total. The molecule has 102 valence electrons. The summed E-state index contributed by atoms with van der Waals surface area (Å²) >= 11 is 3.20. The molecule has 0 saturated carbocycles. The number of fused-ring (bicyclic) bond motifs is 2. The second kappa shape index (κ2) is 4.86. The summed E-state index contributed by atoms with van der Waals surface area (Å²) in [5, 5.41) is 1.66. The van der Waals surface area contributed by atoms with E-state index in [0.717, 1.165) is 28.9 Å². The molecule has 0 aromatic carbocycles. The van der Waals surface area contributed by atoms with E-state index in [2.05, 4.69) is 16.9 Å². The first-order valence-electron chi connectivity index (χ1n) is 6.33. The van der Waals surface area contributed by atoms with Gasteiger partial charge in [0.2, 0.25) is 0 Å². The van der Waals surface area contributed by atoms with E-state index in [1.165, 1.54) is 11.8 Å². The van der Waals surface area contributed by atoms with E-state index in [1.54, 1.807) is 11.8 Å². The highest BCUT2D eigenvalue weighted by Crippen LogP contribution is 2.33. The molecule has 1 atom stereocenters. The summed E-state index contributed by atoms with van der Waals surface area (Å²) in [5.41, 5.74) is 1.25. The van der Waals surface area contributed by atoms with Crippen LogP contribution in [-0.2, 0) is 7.05 Å². The van der Waals surface area contributed by atoms with Crippen molar-refractivity contribution in [2.45, 2.75) is 36.1 Å². The standard InChI is InChI=1S/C12H16N4OS2/c1-4-5-7-6-19-12-14-9-8(10(17)16(7)12)15(2)11(13-9)18-3/h7H,4-6H2,1-3H3. The van der Waals surface area contributed by atoms with Crippen LogP contribution >= 0.6 is 23.5 Å². The SMILES string of the molecule is CCCC1CSc2nc3nc(SC)n(C)c3c(=O)n21. The minimum Gasteiger partial charge on any atom is -0.316 e. The Balaban J connectivity index is 2.27. The van der Waals surface area contributed by atoms with Gasteiger partial charge in [0.15, 0.2) is 21.5 Å². The third kappa shape index (κ3) is 1.90. The molecule has 3 heterocycles. The van der Waals surface area contributed by atoms with Gasteiger partial charge in [-0.2, -0.15) is 0 Å². The van der Waals surface area contributed by atoms with Crippen molar-refractivity contribution in [2.24, 2.45) is 7.05 Å². The van der Waals surface area contributed by atoms with E-state index in [0.29, 0.717) is 11.2 Å². The molecule has 0 radical (unpaired) electrons. The van der Waals surface area contributed by atoms with Gasteiger partial charge in [-0.1, -0.05) is 36.9 Å². The van der Waals surface area contributed by atoms with Crippen molar-refractivity contribution in [3.8, 4) is 0 Å². The van der Waals surface area contributed by atoms with E-state index < -0.39 is 0 Å². The molecule has 1 aliphatic rings. The van der Waals surface area contributed by atoms with E-state index in [4.69, 9.17) is 0 Å². The maximum atomic E-state index is 12.7. The molecule has 7 heteroatoms. The highest BCUT2D eigenvalue weighted by molar-refractivity contribution is 7.99. The highest BCUT2D eigenvalue weighted by atomic mass is 32.2. The van der Waals surface area contributed by atoms with Gasteiger partial charge in [-0.15, -0.1) is 0 Å². The minimum atomic E-state index is 0.0544. The summed E-state index contributed by atoms with van der Waals surface area (Å²) in [7, 11) is 1.88. The summed E-state index contributed by atoms with van der Waals surface area (Å²) in [6.45, 7) is 2.15.